The first-order valence-corrected chi connectivity index (χ1v) is 11.9. The number of piperazine rings is 1. The Morgan fingerprint density at radius 3 is 2.76 bits per heavy atom. The fraction of sp³-hybridized carbons (Fsp3) is 0.250. The number of nitrogens with zero attached hydrogens (tertiary/aromatic N) is 4. The SMILES string of the molecule is CN1CCN(c2nc(C3=C(c4c[nH]c5sccc45)C(=O)NC3=O)c3ccccc3n2)C(CO)C1. The van der Waals surface area contributed by atoms with Crippen LogP contribution in [0, 0.1) is 0 Å². The van der Waals surface area contributed by atoms with Crippen LogP contribution >= 0.6 is 11.3 Å². The lowest BCUT2D eigenvalue weighted by atomic mass is 9.97. The van der Waals surface area contributed by atoms with Gasteiger partial charge >= 0.3 is 0 Å². The largest absolute Gasteiger partial charge is 0.394 e. The minimum absolute atomic E-state index is 0.0394. The van der Waals surface area contributed by atoms with Crippen LogP contribution in [0.4, 0.5) is 5.95 Å². The molecular weight excluding hydrogens is 452 g/mol. The lowest BCUT2D eigenvalue weighted by Gasteiger charge is -2.39. The quantitative estimate of drug-likeness (QED) is 0.387. The highest BCUT2D eigenvalue weighted by molar-refractivity contribution is 7.16. The predicted molar refractivity (Wildman–Crippen MR) is 131 cm³/mol. The van der Waals surface area contributed by atoms with E-state index in [9.17, 15) is 14.7 Å². The average Bonchev–Trinajstić information content (AvgIpc) is 3.53. The minimum atomic E-state index is -0.475. The van der Waals surface area contributed by atoms with Gasteiger partial charge in [-0.25, -0.2) is 9.97 Å². The van der Waals surface area contributed by atoms with Crippen molar-refractivity contribution in [3.8, 4) is 0 Å². The molecule has 0 radical (unpaired) electrons. The Bertz CT molecular complexity index is 1490. The van der Waals surface area contributed by atoms with Gasteiger partial charge in [-0.05, 0) is 24.6 Å². The van der Waals surface area contributed by atoms with E-state index in [2.05, 4.69) is 15.2 Å². The average molecular weight is 475 g/mol. The summed E-state index contributed by atoms with van der Waals surface area (Å²) in [5.41, 5.74) is 2.31. The van der Waals surface area contributed by atoms with Crippen LogP contribution in [-0.4, -0.2) is 76.1 Å². The van der Waals surface area contributed by atoms with Crippen molar-refractivity contribution in [3.63, 3.8) is 0 Å². The third-order valence-corrected chi connectivity index (χ3v) is 7.33. The molecule has 0 spiro atoms. The van der Waals surface area contributed by atoms with Gasteiger partial charge in [0.1, 0.15) is 4.83 Å². The van der Waals surface area contributed by atoms with Crippen LogP contribution < -0.4 is 10.2 Å². The maximum Gasteiger partial charge on any atom is 0.261 e. The van der Waals surface area contributed by atoms with Crippen LogP contribution in [0.2, 0.25) is 0 Å². The zero-order valence-corrected chi connectivity index (χ0v) is 19.2. The van der Waals surface area contributed by atoms with E-state index in [4.69, 9.17) is 9.97 Å². The molecule has 9 nitrogen and oxygen atoms in total. The second kappa shape index (κ2) is 8.01. The molecule has 2 amide bonds. The van der Waals surface area contributed by atoms with Gasteiger partial charge in [0.05, 0.1) is 35.0 Å². The summed E-state index contributed by atoms with van der Waals surface area (Å²) in [6.45, 7) is 2.08. The van der Waals surface area contributed by atoms with Crippen molar-refractivity contribution in [1.29, 1.82) is 0 Å². The number of rotatable bonds is 4. The molecule has 0 bridgehead atoms. The van der Waals surface area contributed by atoms with E-state index in [0.29, 0.717) is 46.8 Å². The molecule has 4 aromatic rings. The summed E-state index contributed by atoms with van der Waals surface area (Å²) >= 11 is 1.54. The van der Waals surface area contributed by atoms with Crippen molar-refractivity contribution in [1.82, 2.24) is 25.2 Å². The van der Waals surface area contributed by atoms with Crippen LogP contribution in [0.25, 0.3) is 32.3 Å². The predicted octanol–water partition coefficient (Wildman–Crippen LogP) is 1.85. The summed E-state index contributed by atoms with van der Waals surface area (Å²) in [6.07, 6.45) is 1.77. The summed E-state index contributed by atoms with van der Waals surface area (Å²) in [7, 11) is 2.01. The highest BCUT2D eigenvalue weighted by Crippen LogP contribution is 2.38. The fourth-order valence-corrected chi connectivity index (χ4v) is 5.58. The van der Waals surface area contributed by atoms with Crippen LogP contribution in [-0.2, 0) is 9.59 Å². The smallest absolute Gasteiger partial charge is 0.261 e. The number of carbonyl (C=O) groups is 2. The molecule has 10 heteroatoms. The number of benzene rings is 1. The number of amides is 2. The van der Waals surface area contributed by atoms with Crippen molar-refractivity contribution < 1.29 is 14.7 Å². The zero-order chi connectivity index (χ0) is 23.4. The first kappa shape index (κ1) is 21.0. The number of carbonyl (C=O) groups excluding carboxylic acids is 2. The number of para-hydroxylation sites is 1. The maximum atomic E-state index is 13.1. The summed E-state index contributed by atoms with van der Waals surface area (Å²) in [4.78, 5) is 44.0. The van der Waals surface area contributed by atoms with Crippen LogP contribution in [0.5, 0.6) is 0 Å². The van der Waals surface area contributed by atoms with Gasteiger partial charge < -0.3 is 19.9 Å². The second-order valence-corrected chi connectivity index (χ2v) is 9.50. The van der Waals surface area contributed by atoms with Gasteiger partial charge in [0.2, 0.25) is 5.95 Å². The van der Waals surface area contributed by atoms with Gasteiger partial charge in [-0.3, -0.25) is 14.9 Å². The monoisotopic (exact) mass is 474 g/mol. The minimum Gasteiger partial charge on any atom is -0.394 e. The van der Waals surface area contributed by atoms with Crippen LogP contribution in [0.3, 0.4) is 0 Å². The van der Waals surface area contributed by atoms with E-state index in [1.54, 1.807) is 6.20 Å². The molecule has 2 aliphatic rings. The van der Waals surface area contributed by atoms with Crippen molar-refractivity contribution in [3.05, 3.63) is 53.2 Å². The molecular formula is C24H22N6O3S. The Morgan fingerprint density at radius 2 is 1.91 bits per heavy atom. The number of anilines is 1. The fourth-order valence-electron chi connectivity index (χ4n) is 4.81. The molecule has 3 N–H and O–H groups in total. The number of aromatic amines is 1. The van der Waals surface area contributed by atoms with Crippen LogP contribution in [0.15, 0.2) is 41.9 Å². The molecule has 6 rings (SSSR count). The van der Waals surface area contributed by atoms with Crippen LogP contribution in [0.1, 0.15) is 11.3 Å². The third kappa shape index (κ3) is 3.22. The van der Waals surface area contributed by atoms with E-state index >= 15 is 0 Å². The topological polar surface area (TPSA) is 114 Å². The Labute approximate surface area is 198 Å². The van der Waals surface area contributed by atoms with Crippen molar-refractivity contribution in [2.75, 3.05) is 38.2 Å². The maximum absolute atomic E-state index is 13.1. The van der Waals surface area contributed by atoms with Gasteiger partial charge in [0.25, 0.3) is 11.8 Å². The molecule has 2 aliphatic heterocycles. The van der Waals surface area contributed by atoms with Gasteiger partial charge in [-0.1, -0.05) is 18.2 Å². The molecule has 172 valence electrons. The van der Waals surface area contributed by atoms with Crippen molar-refractivity contribution in [2.45, 2.75) is 6.04 Å². The number of fused-ring (bicyclic) bond motifs is 2. The van der Waals surface area contributed by atoms with Crippen molar-refractivity contribution >= 4 is 61.4 Å². The summed E-state index contributed by atoms with van der Waals surface area (Å²) in [5.74, 6) is -0.477. The van der Waals surface area contributed by atoms with Gasteiger partial charge in [-0.15, -0.1) is 11.3 Å². The molecule has 0 aliphatic carbocycles. The summed E-state index contributed by atoms with van der Waals surface area (Å²) in [5, 5.41) is 16.0. The molecule has 1 unspecified atom stereocenters. The Morgan fingerprint density at radius 1 is 1.09 bits per heavy atom. The number of H-pyrrole nitrogens is 1. The van der Waals surface area contributed by atoms with Gasteiger partial charge in [0, 0.05) is 42.2 Å². The van der Waals surface area contributed by atoms with Gasteiger partial charge in [0.15, 0.2) is 0 Å². The Hall–Kier alpha value is -3.60. The lowest BCUT2D eigenvalue weighted by molar-refractivity contribution is -0.122. The molecule has 34 heavy (non-hydrogen) atoms. The number of aliphatic hydroxyl groups is 1. The molecule has 1 aromatic carbocycles. The molecule has 3 aromatic heterocycles. The normalized spacial score (nSPS) is 19.6. The lowest BCUT2D eigenvalue weighted by Crippen LogP contribution is -2.54. The van der Waals surface area contributed by atoms with E-state index in [1.165, 1.54) is 11.3 Å². The highest BCUT2D eigenvalue weighted by Gasteiger charge is 2.36. The standard InChI is InChI=1S/C24H22N6O3S/c1-29-7-8-30(13(11-29)12-31)24-26-17-5-3-2-4-15(17)20(27-24)19-18(21(32)28-22(19)33)16-10-25-23-14(16)6-9-34-23/h2-6,9-10,13,25,31H,7-8,11-12H2,1H3,(H,28,32,33). The van der Waals surface area contributed by atoms with Gasteiger partial charge in [-0.2, -0.15) is 0 Å². The number of aromatic nitrogens is 3. The number of imide groups is 1. The molecule has 1 fully saturated rings. The number of likely N-dealkylation sites (N-methyl/N-ethyl adjacent to an activating group) is 1. The molecule has 1 saturated heterocycles. The molecule has 0 saturated carbocycles. The first-order chi connectivity index (χ1) is 16.5. The Kier molecular flexibility index (Phi) is 4.94. The van der Waals surface area contributed by atoms with E-state index < -0.39 is 11.8 Å². The number of thiophene rings is 1. The van der Waals surface area contributed by atoms with E-state index in [1.807, 2.05) is 47.7 Å². The number of hydrogen-bond donors (Lipinski definition) is 3. The molecule has 1 atom stereocenters. The third-order valence-electron chi connectivity index (χ3n) is 6.49. The van der Waals surface area contributed by atoms with Crippen molar-refractivity contribution in [2.24, 2.45) is 0 Å². The highest BCUT2D eigenvalue weighted by atomic mass is 32.1. The number of hydrogen-bond acceptors (Lipinski definition) is 8. The number of aliphatic hydroxyl groups excluding tert-OH is 1. The Balaban J connectivity index is 1.60. The summed E-state index contributed by atoms with van der Waals surface area (Å²) in [6, 6.07) is 9.24. The van der Waals surface area contributed by atoms with E-state index in [-0.39, 0.29) is 18.2 Å². The summed E-state index contributed by atoms with van der Waals surface area (Å²) < 4.78 is 0. The number of nitrogens with one attached hydrogen (secondary N) is 2. The molecule has 5 heterocycles. The first-order valence-electron chi connectivity index (χ1n) is 11.0. The van der Waals surface area contributed by atoms with E-state index in [0.717, 1.165) is 16.8 Å². The second-order valence-electron chi connectivity index (χ2n) is 8.58. The zero-order valence-electron chi connectivity index (χ0n) is 18.4.